The molecule has 0 radical (unpaired) electrons. The number of guanidine groups is 1. The van der Waals surface area contributed by atoms with Crippen LogP contribution in [0.15, 0.2) is 4.99 Å². The Hall–Kier alpha value is -1.30. The minimum atomic E-state index is -0.687. The molecule has 2 amide bonds. The van der Waals surface area contributed by atoms with E-state index in [4.69, 9.17) is 11.5 Å². The van der Waals surface area contributed by atoms with Gasteiger partial charge < -0.3 is 16.8 Å². The number of hydrogen-bond donors (Lipinski definition) is 4. The van der Waals surface area contributed by atoms with E-state index >= 15 is 0 Å². The maximum absolute atomic E-state index is 10.3. The Morgan fingerprint density at radius 1 is 1.46 bits per heavy atom. The first-order chi connectivity index (χ1) is 6.16. The van der Waals surface area contributed by atoms with E-state index in [-0.39, 0.29) is 5.96 Å². The first-order valence-corrected chi connectivity index (χ1v) is 4.24. The number of nitrogens with two attached hydrogens (primary N) is 2. The van der Waals surface area contributed by atoms with Crippen LogP contribution in [0.5, 0.6) is 0 Å². The Morgan fingerprint density at radius 2 is 2.15 bits per heavy atom. The highest BCUT2D eigenvalue weighted by Gasteiger charge is 1.93. The Morgan fingerprint density at radius 3 is 2.69 bits per heavy atom. The molecule has 0 aliphatic heterocycles. The number of carbonyl (C=O) groups is 1. The number of amides is 2. The fourth-order valence-electron chi connectivity index (χ4n) is 0.746. The molecule has 0 saturated heterocycles. The second-order valence-corrected chi connectivity index (χ2v) is 2.46. The van der Waals surface area contributed by atoms with E-state index in [1.807, 2.05) is 6.92 Å². The minimum Gasteiger partial charge on any atom is -0.370 e. The highest BCUT2D eigenvalue weighted by molar-refractivity contribution is 5.94. The predicted octanol–water partition coefficient (Wildman–Crippen LogP) is -1.03. The Kier molecular flexibility index (Phi) is 6.62. The van der Waals surface area contributed by atoms with E-state index in [9.17, 15) is 4.79 Å². The van der Waals surface area contributed by atoms with Crippen molar-refractivity contribution in [2.45, 2.75) is 13.3 Å². The summed E-state index contributed by atoms with van der Waals surface area (Å²) >= 11 is 0. The van der Waals surface area contributed by atoms with Gasteiger partial charge in [0.1, 0.15) is 0 Å². The summed E-state index contributed by atoms with van der Waals surface area (Å²) in [7, 11) is 0. The van der Waals surface area contributed by atoms with Crippen LogP contribution in [-0.4, -0.2) is 31.6 Å². The normalized spacial score (nSPS) is 11.3. The number of nitrogens with one attached hydrogen (secondary N) is 2. The lowest BCUT2D eigenvalue weighted by Gasteiger charge is -2.00. The second-order valence-electron chi connectivity index (χ2n) is 2.46. The highest BCUT2D eigenvalue weighted by atomic mass is 16.2. The van der Waals surface area contributed by atoms with Crippen LogP contribution < -0.4 is 22.1 Å². The molecule has 0 aromatic heterocycles. The molecule has 0 aromatic carbocycles. The maximum Gasteiger partial charge on any atom is 0.318 e. The monoisotopic (exact) mass is 187 g/mol. The first kappa shape index (κ1) is 11.7. The average Bonchev–Trinajstić information content (AvgIpc) is 2.02. The van der Waals surface area contributed by atoms with Crippen LogP contribution in [-0.2, 0) is 0 Å². The number of hydrogen-bond acceptors (Lipinski definition) is 3. The van der Waals surface area contributed by atoms with Crippen LogP contribution in [0.25, 0.3) is 0 Å². The summed E-state index contributed by atoms with van der Waals surface area (Å²) in [5.41, 5.74) is 10.1. The molecule has 0 unspecified atom stereocenters. The Bertz CT molecular complexity index is 180. The molecule has 0 heterocycles. The standard InChI is InChI=1S/C7H17N5O/c1-2-10-4-3-5-11-6(8)12-7(9)13/h10H,2-5H2,1H3,(H5,8,9,11,12,13). The van der Waals surface area contributed by atoms with Gasteiger partial charge in [0.15, 0.2) is 5.96 Å². The molecule has 0 saturated carbocycles. The second kappa shape index (κ2) is 7.35. The van der Waals surface area contributed by atoms with Crippen LogP contribution in [0.2, 0.25) is 0 Å². The maximum atomic E-state index is 10.3. The molecule has 6 N–H and O–H groups in total. The molecule has 0 aliphatic carbocycles. The molecule has 0 aromatic rings. The molecule has 0 aliphatic rings. The third-order valence-corrected chi connectivity index (χ3v) is 1.30. The van der Waals surface area contributed by atoms with Gasteiger partial charge in [-0.05, 0) is 19.5 Å². The molecule has 76 valence electrons. The smallest absolute Gasteiger partial charge is 0.318 e. The molecule has 0 bridgehead atoms. The largest absolute Gasteiger partial charge is 0.370 e. The van der Waals surface area contributed by atoms with Crippen molar-refractivity contribution in [2.75, 3.05) is 19.6 Å². The van der Waals surface area contributed by atoms with Crippen LogP contribution in [0, 0.1) is 0 Å². The molecule has 0 rings (SSSR count). The van der Waals surface area contributed by atoms with Gasteiger partial charge in [-0.2, -0.15) is 0 Å². The van der Waals surface area contributed by atoms with Crippen molar-refractivity contribution in [1.82, 2.24) is 10.6 Å². The zero-order chi connectivity index (χ0) is 10.1. The van der Waals surface area contributed by atoms with Gasteiger partial charge in [-0.3, -0.25) is 10.3 Å². The number of urea groups is 1. The number of nitrogens with zero attached hydrogens (tertiary/aromatic N) is 1. The van der Waals surface area contributed by atoms with Crippen LogP contribution in [0.1, 0.15) is 13.3 Å². The molecule has 0 atom stereocenters. The van der Waals surface area contributed by atoms with E-state index < -0.39 is 6.03 Å². The fraction of sp³-hybridized carbons (Fsp3) is 0.714. The van der Waals surface area contributed by atoms with E-state index in [0.717, 1.165) is 19.5 Å². The number of aliphatic imine (C=N–C) groups is 1. The van der Waals surface area contributed by atoms with Crippen molar-refractivity contribution in [3.8, 4) is 0 Å². The van der Waals surface area contributed by atoms with Crippen molar-refractivity contribution in [1.29, 1.82) is 0 Å². The number of carbonyl (C=O) groups excluding carboxylic acids is 1. The molecule has 0 fully saturated rings. The average molecular weight is 187 g/mol. The third-order valence-electron chi connectivity index (χ3n) is 1.30. The van der Waals surface area contributed by atoms with Crippen LogP contribution in [0.3, 0.4) is 0 Å². The molecular formula is C7H17N5O. The van der Waals surface area contributed by atoms with Crippen molar-refractivity contribution in [3.05, 3.63) is 0 Å². The summed E-state index contributed by atoms with van der Waals surface area (Å²) in [6.45, 7) is 4.45. The first-order valence-electron chi connectivity index (χ1n) is 4.24. The van der Waals surface area contributed by atoms with Gasteiger partial charge in [-0.25, -0.2) is 4.79 Å². The minimum absolute atomic E-state index is 0.0731. The van der Waals surface area contributed by atoms with Gasteiger partial charge in [0.25, 0.3) is 0 Å². The molecule has 0 spiro atoms. The van der Waals surface area contributed by atoms with E-state index in [1.165, 1.54) is 0 Å². The molecule has 13 heavy (non-hydrogen) atoms. The quantitative estimate of drug-likeness (QED) is 0.251. The van der Waals surface area contributed by atoms with Crippen LogP contribution >= 0.6 is 0 Å². The Labute approximate surface area is 77.8 Å². The van der Waals surface area contributed by atoms with Crippen molar-refractivity contribution in [3.63, 3.8) is 0 Å². The zero-order valence-corrected chi connectivity index (χ0v) is 7.84. The highest BCUT2D eigenvalue weighted by Crippen LogP contribution is 1.78. The number of primary amides is 1. The lowest BCUT2D eigenvalue weighted by Crippen LogP contribution is -2.40. The van der Waals surface area contributed by atoms with Gasteiger partial charge in [0, 0.05) is 6.54 Å². The van der Waals surface area contributed by atoms with Gasteiger partial charge >= 0.3 is 6.03 Å². The van der Waals surface area contributed by atoms with Crippen molar-refractivity contribution < 1.29 is 4.79 Å². The van der Waals surface area contributed by atoms with E-state index in [0.29, 0.717) is 6.54 Å². The van der Waals surface area contributed by atoms with Crippen LogP contribution in [0.4, 0.5) is 4.79 Å². The van der Waals surface area contributed by atoms with Gasteiger partial charge in [0.05, 0.1) is 0 Å². The summed E-state index contributed by atoms with van der Waals surface area (Å²) < 4.78 is 0. The summed E-state index contributed by atoms with van der Waals surface area (Å²) in [5.74, 6) is 0.0731. The predicted molar refractivity (Wildman–Crippen MR) is 52.4 cm³/mol. The third kappa shape index (κ3) is 8.61. The van der Waals surface area contributed by atoms with Crippen molar-refractivity contribution >= 4 is 12.0 Å². The molecule has 6 nitrogen and oxygen atoms in total. The topological polar surface area (TPSA) is 106 Å². The summed E-state index contributed by atoms with van der Waals surface area (Å²) in [4.78, 5) is 14.2. The van der Waals surface area contributed by atoms with Crippen molar-refractivity contribution in [2.24, 2.45) is 16.5 Å². The van der Waals surface area contributed by atoms with Gasteiger partial charge in [-0.15, -0.1) is 0 Å². The molecular weight excluding hydrogens is 170 g/mol. The summed E-state index contributed by atoms with van der Waals surface area (Å²) in [5, 5.41) is 5.32. The Balaban J connectivity index is 3.42. The van der Waals surface area contributed by atoms with E-state index in [1.54, 1.807) is 0 Å². The summed E-state index contributed by atoms with van der Waals surface area (Å²) in [6.07, 6.45) is 0.884. The van der Waals surface area contributed by atoms with Gasteiger partial charge in [-0.1, -0.05) is 6.92 Å². The zero-order valence-electron chi connectivity index (χ0n) is 7.84. The lowest BCUT2D eigenvalue weighted by atomic mass is 10.4. The fourth-order valence-corrected chi connectivity index (χ4v) is 0.746. The summed E-state index contributed by atoms with van der Waals surface area (Å²) in [6, 6.07) is -0.687. The molecule has 6 heteroatoms. The SMILES string of the molecule is CCNCCCN=C(N)NC(N)=O. The number of rotatable bonds is 5. The van der Waals surface area contributed by atoms with Gasteiger partial charge in [0.2, 0.25) is 0 Å². The lowest BCUT2D eigenvalue weighted by molar-refractivity contribution is 0.253. The van der Waals surface area contributed by atoms with E-state index in [2.05, 4.69) is 15.6 Å².